The third-order valence-electron chi connectivity index (χ3n) is 3.30. The number of nitro benzene ring substituents is 1. The van der Waals surface area contributed by atoms with Gasteiger partial charge in [-0.05, 0) is 6.07 Å². The van der Waals surface area contributed by atoms with Gasteiger partial charge in [0.25, 0.3) is 5.56 Å². The van der Waals surface area contributed by atoms with Gasteiger partial charge >= 0.3 is 17.6 Å². The van der Waals surface area contributed by atoms with Gasteiger partial charge in [0.05, 0.1) is 11.0 Å². The Morgan fingerprint density at radius 2 is 1.88 bits per heavy atom. The highest BCUT2D eigenvalue weighted by atomic mass is 19.4. The van der Waals surface area contributed by atoms with E-state index >= 15 is 0 Å². The van der Waals surface area contributed by atoms with Crippen LogP contribution in [0, 0.1) is 15.9 Å². The lowest BCUT2D eigenvalue weighted by Gasteiger charge is -2.07. The molecule has 0 bridgehead atoms. The van der Waals surface area contributed by atoms with Crippen LogP contribution in [0.3, 0.4) is 0 Å². The highest BCUT2D eigenvalue weighted by molar-refractivity contribution is 5.88. The van der Waals surface area contributed by atoms with Crippen molar-refractivity contribution in [2.24, 2.45) is 0 Å². The molecule has 0 unspecified atom stereocenters. The van der Waals surface area contributed by atoms with E-state index in [4.69, 9.17) is 4.42 Å². The first-order valence-electron chi connectivity index (χ1n) is 6.38. The number of rotatable bonds is 2. The van der Waals surface area contributed by atoms with E-state index in [9.17, 15) is 37.3 Å². The molecule has 0 radical (unpaired) electrons. The number of benzene rings is 1. The van der Waals surface area contributed by atoms with Gasteiger partial charge < -0.3 is 9.40 Å². The predicted octanol–water partition coefficient (Wildman–Crippen LogP) is 2.34. The first-order valence-corrected chi connectivity index (χ1v) is 6.38. The quantitative estimate of drug-likeness (QED) is 0.429. The molecule has 0 spiro atoms. The largest absolute Gasteiger partial charge is 0.462 e. The normalized spacial score (nSPS) is 11.8. The number of nitrogens with zero attached hydrogens (tertiary/aromatic N) is 2. The van der Waals surface area contributed by atoms with Crippen molar-refractivity contribution in [1.29, 1.82) is 0 Å². The van der Waals surface area contributed by atoms with E-state index in [1.165, 1.54) is 4.98 Å². The zero-order chi connectivity index (χ0) is 18.5. The van der Waals surface area contributed by atoms with E-state index in [0.29, 0.717) is 10.6 Å². The van der Waals surface area contributed by atoms with Crippen LogP contribution >= 0.6 is 0 Å². The molecule has 2 heterocycles. The lowest BCUT2D eigenvalue weighted by molar-refractivity contribution is -0.387. The fraction of sp³-hybridized carbons (Fsp3) is 0.0769. The van der Waals surface area contributed by atoms with E-state index in [1.807, 2.05) is 0 Å². The van der Waals surface area contributed by atoms with E-state index in [-0.39, 0.29) is 22.7 Å². The molecule has 0 amide bonds. The Bertz CT molecular complexity index is 1090. The molecule has 130 valence electrons. The van der Waals surface area contributed by atoms with Crippen molar-refractivity contribution in [3.63, 3.8) is 0 Å². The van der Waals surface area contributed by atoms with Gasteiger partial charge in [-0.15, -0.1) is 0 Å². The Kier molecular flexibility index (Phi) is 3.47. The molecule has 0 aliphatic heterocycles. The van der Waals surface area contributed by atoms with Gasteiger partial charge in [-0.25, -0.2) is 9.36 Å². The molecule has 0 atom stereocenters. The van der Waals surface area contributed by atoms with Gasteiger partial charge in [-0.3, -0.25) is 14.9 Å². The van der Waals surface area contributed by atoms with Crippen molar-refractivity contribution in [1.82, 2.24) is 9.55 Å². The topological polar surface area (TPSA) is 111 Å². The fourth-order valence-electron chi connectivity index (χ4n) is 2.21. The number of nitro groups is 1. The summed E-state index contributed by atoms with van der Waals surface area (Å²) >= 11 is 0. The Morgan fingerprint density at radius 1 is 1.20 bits per heavy atom. The van der Waals surface area contributed by atoms with Crippen molar-refractivity contribution < 1.29 is 26.9 Å². The van der Waals surface area contributed by atoms with E-state index in [2.05, 4.69) is 0 Å². The maximum atomic E-state index is 13.8. The number of nitrogens with one attached hydrogen (secondary N) is 1. The SMILES string of the molecule is O=c1cc(C(F)(F)F)[nH]c(=O)n1-c1coc2cc([N+](=O)[O-])c(F)cc12. The van der Waals surface area contributed by atoms with Crippen molar-refractivity contribution in [3.05, 3.63) is 66.9 Å². The Hall–Kier alpha value is -3.44. The minimum atomic E-state index is -4.94. The van der Waals surface area contributed by atoms with E-state index < -0.39 is 39.5 Å². The molecule has 0 fully saturated rings. The molecule has 0 saturated heterocycles. The van der Waals surface area contributed by atoms with Crippen LogP contribution in [0.2, 0.25) is 0 Å². The molecule has 0 aliphatic rings. The fourth-order valence-corrected chi connectivity index (χ4v) is 2.21. The average molecular weight is 359 g/mol. The molecular weight excluding hydrogens is 354 g/mol. The predicted molar refractivity (Wildman–Crippen MR) is 74.0 cm³/mol. The summed E-state index contributed by atoms with van der Waals surface area (Å²) in [5.41, 5.74) is -5.80. The van der Waals surface area contributed by atoms with Gasteiger partial charge in [0.15, 0.2) is 0 Å². The summed E-state index contributed by atoms with van der Waals surface area (Å²) in [7, 11) is 0. The molecule has 2 aromatic heterocycles. The Labute approximate surface area is 133 Å². The minimum absolute atomic E-state index is 0.155. The summed E-state index contributed by atoms with van der Waals surface area (Å²) in [5, 5.41) is 10.5. The molecule has 3 rings (SSSR count). The van der Waals surface area contributed by atoms with Crippen LogP contribution in [0.15, 0.2) is 38.5 Å². The maximum Gasteiger partial charge on any atom is 0.431 e. The minimum Gasteiger partial charge on any atom is -0.462 e. The standard InChI is InChI=1S/C13H5F4N3O5/c14-6-1-5-8(4-25-9(5)2-7(6)20(23)24)19-11(21)3-10(13(15,16)17)18-12(19)22/h1-4H,(H,18,22). The summed E-state index contributed by atoms with van der Waals surface area (Å²) in [6, 6.07) is 1.54. The van der Waals surface area contributed by atoms with Gasteiger partial charge in [0.1, 0.15) is 23.2 Å². The van der Waals surface area contributed by atoms with Crippen LogP contribution in [-0.4, -0.2) is 14.5 Å². The first kappa shape index (κ1) is 16.4. The molecule has 0 saturated carbocycles. The lowest BCUT2D eigenvalue weighted by atomic mass is 10.2. The van der Waals surface area contributed by atoms with Crippen LogP contribution in [0.4, 0.5) is 23.2 Å². The van der Waals surface area contributed by atoms with E-state index in [1.54, 1.807) is 0 Å². The van der Waals surface area contributed by atoms with Crippen LogP contribution in [0.5, 0.6) is 0 Å². The average Bonchev–Trinajstić information content (AvgIpc) is 2.87. The van der Waals surface area contributed by atoms with Gasteiger partial charge in [-0.1, -0.05) is 0 Å². The number of aromatic amines is 1. The molecule has 1 N–H and O–H groups in total. The van der Waals surface area contributed by atoms with Crippen LogP contribution < -0.4 is 11.2 Å². The summed E-state index contributed by atoms with van der Waals surface area (Å²) in [4.78, 5) is 35.0. The highest BCUT2D eigenvalue weighted by Crippen LogP contribution is 2.30. The van der Waals surface area contributed by atoms with Crippen molar-refractivity contribution in [2.45, 2.75) is 6.18 Å². The molecule has 0 aliphatic carbocycles. The molecule has 25 heavy (non-hydrogen) atoms. The highest BCUT2D eigenvalue weighted by Gasteiger charge is 2.33. The van der Waals surface area contributed by atoms with Crippen molar-refractivity contribution in [2.75, 3.05) is 0 Å². The first-order chi connectivity index (χ1) is 11.6. The Balaban J connectivity index is 2.28. The van der Waals surface area contributed by atoms with E-state index in [0.717, 1.165) is 12.3 Å². The molecule has 1 aromatic carbocycles. The molecular formula is C13H5F4N3O5. The second-order valence-corrected chi connectivity index (χ2v) is 4.84. The smallest absolute Gasteiger partial charge is 0.431 e. The zero-order valence-electron chi connectivity index (χ0n) is 11.8. The molecule has 12 heteroatoms. The van der Waals surface area contributed by atoms with Crippen LogP contribution in [-0.2, 0) is 6.18 Å². The third kappa shape index (κ3) is 2.66. The summed E-state index contributed by atoms with van der Waals surface area (Å²) in [6.45, 7) is 0. The Morgan fingerprint density at radius 3 is 2.44 bits per heavy atom. The van der Waals surface area contributed by atoms with Gasteiger partial charge in [0.2, 0.25) is 5.82 Å². The summed E-state index contributed by atoms with van der Waals surface area (Å²) in [5.74, 6) is -1.27. The lowest BCUT2D eigenvalue weighted by Crippen LogP contribution is -2.35. The third-order valence-corrected chi connectivity index (χ3v) is 3.30. The van der Waals surface area contributed by atoms with Gasteiger partial charge in [0, 0.05) is 11.5 Å². The number of H-pyrrole nitrogens is 1. The number of alkyl halides is 3. The van der Waals surface area contributed by atoms with Crippen LogP contribution in [0.25, 0.3) is 16.7 Å². The monoisotopic (exact) mass is 359 g/mol. The number of hydrogen-bond donors (Lipinski definition) is 1. The molecule has 8 nitrogen and oxygen atoms in total. The second-order valence-electron chi connectivity index (χ2n) is 4.84. The summed E-state index contributed by atoms with van der Waals surface area (Å²) < 4.78 is 56.8. The maximum absolute atomic E-state index is 13.8. The number of halogens is 4. The number of aromatic nitrogens is 2. The van der Waals surface area contributed by atoms with Crippen molar-refractivity contribution >= 4 is 16.7 Å². The summed E-state index contributed by atoms with van der Waals surface area (Å²) in [6.07, 6.45) is -4.14. The molecule has 3 aromatic rings. The zero-order valence-corrected chi connectivity index (χ0v) is 11.8. The van der Waals surface area contributed by atoms with Crippen molar-refractivity contribution in [3.8, 4) is 5.69 Å². The number of furan rings is 1. The van der Waals surface area contributed by atoms with Crippen LogP contribution in [0.1, 0.15) is 5.69 Å². The second kappa shape index (κ2) is 5.29. The number of fused-ring (bicyclic) bond motifs is 1. The van der Waals surface area contributed by atoms with Gasteiger partial charge in [-0.2, -0.15) is 17.6 Å². The number of hydrogen-bond acceptors (Lipinski definition) is 5.